The second kappa shape index (κ2) is 10.0. The Morgan fingerprint density at radius 1 is 1.17 bits per heavy atom. The number of hydrogen-bond donors (Lipinski definition) is 2. The smallest absolute Gasteiger partial charge is 0.193 e. The number of nitrogens with one attached hydrogen (secondary N) is 1. The Morgan fingerprint density at radius 2 is 1.83 bits per heavy atom. The maximum Gasteiger partial charge on any atom is 0.193 e. The molecule has 0 spiro atoms. The summed E-state index contributed by atoms with van der Waals surface area (Å²) in [4.78, 5) is 4.31. The number of halogens is 1. The van der Waals surface area contributed by atoms with E-state index >= 15 is 0 Å². The molecule has 2 aromatic rings. The minimum absolute atomic E-state index is 0. The molecule has 0 saturated carbocycles. The molecule has 1 atom stereocenters. The molecule has 0 heterocycles. The van der Waals surface area contributed by atoms with Crippen LogP contribution in [0.15, 0.2) is 53.5 Å². The summed E-state index contributed by atoms with van der Waals surface area (Å²) in [5, 5.41) is 3.06. The number of nitrogens with zero attached hydrogens (tertiary/aromatic N) is 1. The van der Waals surface area contributed by atoms with Gasteiger partial charge in [-0.25, -0.2) is 4.99 Å². The fraction of sp³-hybridized carbons (Fsp3) is 0.278. The molecule has 130 valence electrons. The lowest BCUT2D eigenvalue weighted by Gasteiger charge is -2.14. The number of rotatable bonds is 6. The first-order valence-electron chi connectivity index (χ1n) is 7.51. The van der Waals surface area contributed by atoms with E-state index in [1.54, 1.807) is 7.11 Å². The zero-order chi connectivity index (χ0) is 16.7. The second-order valence-corrected chi connectivity index (χ2v) is 5.32. The van der Waals surface area contributed by atoms with Crippen LogP contribution in [0.3, 0.4) is 0 Å². The number of guanidine groups is 1. The molecule has 0 bridgehead atoms. The average Bonchev–Trinajstić information content (AvgIpc) is 2.55. The van der Waals surface area contributed by atoms with Crippen LogP contribution >= 0.6 is 24.0 Å². The number of benzene rings is 2. The van der Waals surface area contributed by atoms with Gasteiger partial charge in [-0.2, -0.15) is 0 Å². The van der Waals surface area contributed by atoms with Crippen LogP contribution in [0.4, 0.5) is 5.69 Å². The molecular weight excluding hydrogens is 417 g/mol. The standard InChI is InChI=1S/C18H23N3O2.HI/c1-13-7-9-15(10-8-13)21-18(19)20-12-14(2)23-17-6-4-5-16(11-17)22-3;/h4-11,14H,12H2,1-3H3,(H3,19,20,21);1H. The van der Waals surface area contributed by atoms with E-state index in [1.807, 2.05) is 62.4 Å². The van der Waals surface area contributed by atoms with Crippen molar-refractivity contribution in [3.05, 3.63) is 54.1 Å². The van der Waals surface area contributed by atoms with Crippen LogP contribution in [0.1, 0.15) is 12.5 Å². The second-order valence-electron chi connectivity index (χ2n) is 5.32. The largest absolute Gasteiger partial charge is 0.497 e. The fourth-order valence-electron chi connectivity index (χ4n) is 2.00. The third-order valence-corrected chi connectivity index (χ3v) is 3.22. The zero-order valence-corrected chi connectivity index (χ0v) is 16.5. The van der Waals surface area contributed by atoms with Gasteiger partial charge in [0.1, 0.15) is 17.6 Å². The minimum atomic E-state index is -0.0968. The van der Waals surface area contributed by atoms with Gasteiger partial charge in [-0.15, -0.1) is 24.0 Å². The highest BCUT2D eigenvalue weighted by Gasteiger charge is 2.05. The zero-order valence-electron chi connectivity index (χ0n) is 14.2. The minimum Gasteiger partial charge on any atom is -0.497 e. The van der Waals surface area contributed by atoms with Gasteiger partial charge in [-0.05, 0) is 38.1 Å². The van der Waals surface area contributed by atoms with Crippen molar-refractivity contribution in [3.63, 3.8) is 0 Å². The average molecular weight is 441 g/mol. The number of methoxy groups -OCH3 is 1. The molecule has 0 aliphatic carbocycles. The van der Waals surface area contributed by atoms with E-state index in [0.717, 1.165) is 17.2 Å². The van der Waals surface area contributed by atoms with Gasteiger partial charge in [0.25, 0.3) is 0 Å². The van der Waals surface area contributed by atoms with Crippen molar-refractivity contribution in [1.82, 2.24) is 0 Å². The molecule has 0 amide bonds. The summed E-state index contributed by atoms with van der Waals surface area (Å²) in [5.41, 5.74) is 8.01. The van der Waals surface area contributed by atoms with Crippen LogP contribution in [-0.4, -0.2) is 25.7 Å². The van der Waals surface area contributed by atoms with Gasteiger partial charge in [-0.1, -0.05) is 23.8 Å². The van der Waals surface area contributed by atoms with Crippen molar-refractivity contribution in [2.45, 2.75) is 20.0 Å². The van der Waals surface area contributed by atoms with E-state index < -0.39 is 0 Å². The van der Waals surface area contributed by atoms with Gasteiger partial charge < -0.3 is 20.5 Å². The van der Waals surface area contributed by atoms with Crippen LogP contribution in [0.25, 0.3) is 0 Å². The van der Waals surface area contributed by atoms with Gasteiger partial charge in [0.2, 0.25) is 0 Å². The van der Waals surface area contributed by atoms with Crippen LogP contribution in [0.5, 0.6) is 11.5 Å². The Kier molecular flexibility index (Phi) is 8.39. The summed E-state index contributed by atoms with van der Waals surface area (Å²) < 4.78 is 11.0. The molecule has 0 radical (unpaired) electrons. The molecule has 0 fully saturated rings. The van der Waals surface area contributed by atoms with E-state index in [4.69, 9.17) is 15.2 Å². The number of anilines is 1. The monoisotopic (exact) mass is 441 g/mol. The molecule has 2 rings (SSSR count). The summed E-state index contributed by atoms with van der Waals surface area (Å²) in [6.45, 7) is 4.45. The van der Waals surface area contributed by atoms with Crippen LogP contribution < -0.4 is 20.5 Å². The van der Waals surface area contributed by atoms with E-state index in [0.29, 0.717) is 12.5 Å². The SMILES string of the molecule is COc1cccc(OC(C)CN=C(N)Nc2ccc(C)cc2)c1.I. The van der Waals surface area contributed by atoms with Crippen molar-refractivity contribution in [2.75, 3.05) is 19.0 Å². The molecule has 24 heavy (non-hydrogen) atoms. The molecule has 0 aromatic heterocycles. The molecule has 0 saturated heterocycles. The summed E-state index contributed by atoms with van der Waals surface area (Å²) in [5.74, 6) is 1.88. The molecule has 2 aromatic carbocycles. The molecule has 0 aliphatic rings. The summed E-state index contributed by atoms with van der Waals surface area (Å²) in [6, 6.07) is 15.5. The van der Waals surface area contributed by atoms with E-state index in [1.165, 1.54) is 5.56 Å². The molecule has 1 unspecified atom stereocenters. The third-order valence-electron chi connectivity index (χ3n) is 3.22. The van der Waals surface area contributed by atoms with Crippen molar-refractivity contribution in [2.24, 2.45) is 10.7 Å². The summed E-state index contributed by atoms with van der Waals surface area (Å²) in [7, 11) is 1.63. The van der Waals surface area contributed by atoms with E-state index in [-0.39, 0.29) is 30.1 Å². The van der Waals surface area contributed by atoms with Crippen LogP contribution in [0.2, 0.25) is 0 Å². The van der Waals surface area contributed by atoms with E-state index in [9.17, 15) is 0 Å². The summed E-state index contributed by atoms with van der Waals surface area (Å²) >= 11 is 0. The van der Waals surface area contributed by atoms with E-state index in [2.05, 4.69) is 10.3 Å². The van der Waals surface area contributed by atoms with Crippen LogP contribution in [0, 0.1) is 6.92 Å². The lowest BCUT2D eigenvalue weighted by molar-refractivity contribution is 0.229. The predicted molar refractivity (Wildman–Crippen MR) is 110 cm³/mol. The Balaban J connectivity index is 0.00000288. The highest BCUT2D eigenvalue weighted by molar-refractivity contribution is 14.0. The third kappa shape index (κ3) is 6.66. The lowest BCUT2D eigenvalue weighted by Crippen LogP contribution is -2.25. The fourth-order valence-corrected chi connectivity index (χ4v) is 2.00. The molecule has 6 heteroatoms. The first-order valence-corrected chi connectivity index (χ1v) is 7.51. The Bertz CT molecular complexity index is 660. The molecular formula is C18H24IN3O2. The van der Waals surface area contributed by atoms with Crippen molar-refractivity contribution < 1.29 is 9.47 Å². The normalized spacial score (nSPS) is 12.0. The highest BCUT2D eigenvalue weighted by Crippen LogP contribution is 2.20. The Labute approximate surface area is 160 Å². The topological polar surface area (TPSA) is 68.9 Å². The maximum atomic E-state index is 5.89. The number of nitrogens with two attached hydrogens (primary N) is 1. The Hall–Kier alpha value is -1.96. The predicted octanol–water partition coefficient (Wildman–Crippen LogP) is 3.82. The number of hydrogen-bond acceptors (Lipinski definition) is 3. The number of ether oxygens (including phenoxy) is 2. The van der Waals surface area contributed by atoms with Gasteiger partial charge in [0, 0.05) is 11.8 Å². The first kappa shape index (κ1) is 20.1. The number of aliphatic imine (C=N–C) groups is 1. The number of aryl methyl sites for hydroxylation is 1. The highest BCUT2D eigenvalue weighted by atomic mass is 127. The summed E-state index contributed by atoms with van der Waals surface area (Å²) in [6.07, 6.45) is -0.0968. The lowest BCUT2D eigenvalue weighted by atomic mass is 10.2. The molecule has 0 aliphatic heterocycles. The van der Waals surface area contributed by atoms with Gasteiger partial charge in [-0.3, -0.25) is 0 Å². The van der Waals surface area contributed by atoms with Gasteiger partial charge in [0.15, 0.2) is 5.96 Å². The Morgan fingerprint density at radius 3 is 2.50 bits per heavy atom. The molecule has 5 nitrogen and oxygen atoms in total. The molecule has 3 N–H and O–H groups in total. The van der Waals surface area contributed by atoms with Gasteiger partial charge in [0.05, 0.1) is 13.7 Å². The van der Waals surface area contributed by atoms with Gasteiger partial charge >= 0.3 is 0 Å². The quantitative estimate of drug-likeness (QED) is 0.407. The van der Waals surface area contributed by atoms with Crippen molar-refractivity contribution >= 4 is 35.6 Å². The van der Waals surface area contributed by atoms with Crippen molar-refractivity contribution in [1.29, 1.82) is 0 Å². The maximum absolute atomic E-state index is 5.89. The van der Waals surface area contributed by atoms with Crippen molar-refractivity contribution in [3.8, 4) is 11.5 Å². The first-order chi connectivity index (χ1) is 11.1. The van der Waals surface area contributed by atoms with Crippen LogP contribution in [-0.2, 0) is 0 Å².